The molecule has 0 fully saturated rings. The summed E-state index contributed by atoms with van der Waals surface area (Å²) in [7, 11) is 0. The van der Waals surface area contributed by atoms with E-state index >= 15 is 0 Å². The topological polar surface area (TPSA) is 92.3 Å². The van der Waals surface area contributed by atoms with E-state index in [0.717, 1.165) is 24.0 Å². The Bertz CT molecular complexity index is 1290. The summed E-state index contributed by atoms with van der Waals surface area (Å²) in [6.07, 6.45) is 2.50. The lowest BCUT2D eigenvalue weighted by Gasteiger charge is -2.07. The van der Waals surface area contributed by atoms with Gasteiger partial charge in [-0.25, -0.2) is 28.4 Å². The van der Waals surface area contributed by atoms with Crippen LogP contribution in [0.3, 0.4) is 0 Å². The molecule has 11 heteroatoms. The third-order valence-electron chi connectivity index (χ3n) is 4.09. The summed E-state index contributed by atoms with van der Waals surface area (Å²) in [6.45, 7) is 3.58. The monoisotopic (exact) mass is 447 g/mol. The predicted octanol–water partition coefficient (Wildman–Crippen LogP) is 4.80. The molecule has 0 atom stereocenters. The van der Waals surface area contributed by atoms with Gasteiger partial charge >= 0.3 is 0 Å². The van der Waals surface area contributed by atoms with Crippen molar-refractivity contribution >= 4 is 46.5 Å². The highest BCUT2D eigenvalue weighted by atomic mass is 35.5. The Labute approximate surface area is 180 Å². The number of aromatic nitrogens is 5. The number of benzene rings is 1. The molecule has 0 bridgehead atoms. The van der Waals surface area contributed by atoms with Crippen LogP contribution in [0.25, 0.3) is 16.6 Å². The third-order valence-corrected chi connectivity index (χ3v) is 4.38. The van der Waals surface area contributed by atoms with Crippen molar-refractivity contribution in [2.75, 3.05) is 5.32 Å². The maximum Gasteiger partial charge on any atom is 0.169 e. The zero-order valence-electron chi connectivity index (χ0n) is 15.6. The SMILES string of the molecule is Cc1cc(Nc2ncc(F)c3nn(-c4c(Cl)cc(F)cc4C#N)cc23)nc(C)n1.Cl. The quantitative estimate of drug-likeness (QED) is 0.484. The van der Waals surface area contributed by atoms with Crippen molar-refractivity contribution in [3.8, 4) is 11.8 Å². The Morgan fingerprint density at radius 1 is 1.17 bits per heavy atom. The molecule has 1 aromatic carbocycles. The van der Waals surface area contributed by atoms with Gasteiger partial charge in [0, 0.05) is 18.0 Å². The second kappa shape index (κ2) is 8.18. The first-order valence-electron chi connectivity index (χ1n) is 8.38. The average molecular weight is 448 g/mol. The van der Waals surface area contributed by atoms with Gasteiger partial charge in [0.05, 0.1) is 22.2 Å². The van der Waals surface area contributed by atoms with Gasteiger partial charge < -0.3 is 5.32 Å². The van der Waals surface area contributed by atoms with E-state index < -0.39 is 11.6 Å². The van der Waals surface area contributed by atoms with Crippen LogP contribution in [0.2, 0.25) is 5.02 Å². The van der Waals surface area contributed by atoms with Crippen molar-refractivity contribution in [1.29, 1.82) is 5.26 Å². The van der Waals surface area contributed by atoms with Gasteiger partial charge in [0.2, 0.25) is 0 Å². The maximum atomic E-state index is 14.4. The number of pyridine rings is 1. The van der Waals surface area contributed by atoms with Crippen LogP contribution in [0.1, 0.15) is 17.1 Å². The van der Waals surface area contributed by atoms with E-state index in [1.807, 2.05) is 13.0 Å². The number of hydrogen-bond donors (Lipinski definition) is 1. The Morgan fingerprint density at radius 3 is 2.63 bits per heavy atom. The Hall–Kier alpha value is -3.35. The highest BCUT2D eigenvalue weighted by Gasteiger charge is 2.18. The molecule has 0 saturated heterocycles. The number of aryl methyl sites for hydroxylation is 2. The van der Waals surface area contributed by atoms with E-state index in [1.165, 1.54) is 10.9 Å². The lowest BCUT2D eigenvalue weighted by molar-refractivity contribution is 0.625. The number of anilines is 2. The van der Waals surface area contributed by atoms with Crippen LogP contribution in [-0.4, -0.2) is 24.7 Å². The van der Waals surface area contributed by atoms with Gasteiger partial charge in [-0.2, -0.15) is 10.4 Å². The van der Waals surface area contributed by atoms with E-state index in [-0.39, 0.29) is 34.2 Å². The van der Waals surface area contributed by atoms with Crippen LogP contribution in [0.15, 0.2) is 30.6 Å². The summed E-state index contributed by atoms with van der Waals surface area (Å²) in [4.78, 5) is 12.6. The second-order valence-corrected chi connectivity index (χ2v) is 6.66. The van der Waals surface area contributed by atoms with Crippen LogP contribution < -0.4 is 5.32 Å². The highest BCUT2D eigenvalue weighted by molar-refractivity contribution is 6.32. The average Bonchev–Trinajstić information content (AvgIpc) is 3.08. The lowest BCUT2D eigenvalue weighted by Crippen LogP contribution is -2.01. The van der Waals surface area contributed by atoms with Crippen LogP contribution >= 0.6 is 24.0 Å². The molecule has 0 aliphatic rings. The first-order valence-corrected chi connectivity index (χ1v) is 8.76. The van der Waals surface area contributed by atoms with Gasteiger partial charge in [-0.1, -0.05) is 11.6 Å². The van der Waals surface area contributed by atoms with E-state index in [0.29, 0.717) is 22.8 Å². The first kappa shape index (κ1) is 21.4. The minimum atomic E-state index is -0.656. The molecule has 4 rings (SSSR count). The van der Waals surface area contributed by atoms with E-state index in [1.54, 1.807) is 13.0 Å². The van der Waals surface area contributed by atoms with Gasteiger partial charge in [-0.15, -0.1) is 12.4 Å². The molecule has 0 spiro atoms. The second-order valence-electron chi connectivity index (χ2n) is 6.25. The Morgan fingerprint density at radius 2 is 1.93 bits per heavy atom. The standard InChI is InChI=1S/C19H12ClF2N7.ClH/c1-9-3-16(26-10(2)25-9)27-19-13-8-29(28-17(13)15(22)7-24-19)18-11(6-23)4-12(21)5-14(18)20;/h3-5,7-8H,1-2H3,(H,24,25,26,27);1H. The number of fused-ring (bicyclic) bond motifs is 1. The Kier molecular flexibility index (Phi) is 5.82. The molecule has 0 aliphatic heterocycles. The molecule has 152 valence electrons. The normalized spacial score (nSPS) is 10.5. The fourth-order valence-electron chi connectivity index (χ4n) is 2.98. The Balaban J connectivity index is 0.00000256. The molecule has 0 unspecified atom stereocenters. The molecule has 0 radical (unpaired) electrons. The molecule has 4 aromatic rings. The molecule has 0 saturated carbocycles. The lowest BCUT2D eigenvalue weighted by atomic mass is 10.2. The molecule has 1 N–H and O–H groups in total. The molecule has 3 aromatic heterocycles. The van der Waals surface area contributed by atoms with Crippen molar-refractivity contribution in [2.45, 2.75) is 13.8 Å². The highest BCUT2D eigenvalue weighted by Crippen LogP contribution is 2.30. The summed E-state index contributed by atoms with van der Waals surface area (Å²) >= 11 is 6.13. The van der Waals surface area contributed by atoms with Gasteiger partial charge in [0.1, 0.15) is 40.6 Å². The number of rotatable bonds is 3. The fraction of sp³-hybridized carbons (Fsp3) is 0.105. The summed E-state index contributed by atoms with van der Waals surface area (Å²) in [5, 5.41) is 16.9. The largest absolute Gasteiger partial charge is 0.324 e. The minimum Gasteiger partial charge on any atom is -0.324 e. The van der Waals surface area contributed by atoms with E-state index in [9.17, 15) is 14.0 Å². The summed E-state index contributed by atoms with van der Waals surface area (Å²) in [5.74, 6) is 0.0497. The first-order chi connectivity index (χ1) is 13.9. The van der Waals surface area contributed by atoms with E-state index in [4.69, 9.17) is 11.6 Å². The molecule has 7 nitrogen and oxygen atoms in total. The number of hydrogen-bond acceptors (Lipinski definition) is 6. The zero-order valence-corrected chi connectivity index (χ0v) is 17.2. The van der Waals surface area contributed by atoms with Crippen LogP contribution in [0.5, 0.6) is 0 Å². The summed E-state index contributed by atoms with van der Waals surface area (Å²) < 4.78 is 29.2. The molecular weight excluding hydrogens is 435 g/mol. The van der Waals surface area contributed by atoms with Crippen molar-refractivity contribution < 1.29 is 8.78 Å². The molecule has 30 heavy (non-hydrogen) atoms. The predicted molar refractivity (Wildman–Crippen MR) is 111 cm³/mol. The maximum absolute atomic E-state index is 14.4. The summed E-state index contributed by atoms with van der Waals surface area (Å²) in [5.41, 5.74) is 0.874. The molecular formula is C19H13Cl2F2N7. The number of nitrogens with one attached hydrogen (secondary N) is 1. The molecule has 0 aliphatic carbocycles. The molecule has 3 heterocycles. The smallest absolute Gasteiger partial charge is 0.169 e. The number of nitrogens with zero attached hydrogens (tertiary/aromatic N) is 6. The van der Waals surface area contributed by atoms with Crippen molar-refractivity contribution in [3.63, 3.8) is 0 Å². The van der Waals surface area contributed by atoms with Gasteiger partial charge in [-0.3, -0.25) is 0 Å². The van der Waals surface area contributed by atoms with Crippen LogP contribution in [0.4, 0.5) is 20.4 Å². The van der Waals surface area contributed by atoms with Crippen molar-refractivity contribution in [3.05, 3.63) is 64.3 Å². The van der Waals surface area contributed by atoms with Gasteiger partial charge in [0.15, 0.2) is 5.82 Å². The fourth-order valence-corrected chi connectivity index (χ4v) is 3.27. The van der Waals surface area contributed by atoms with Crippen LogP contribution in [-0.2, 0) is 0 Å². The minimum absolute atomic E-state index is 0. The van der Waals surface area contributed by atoms with Crippen LogP contribution in [0, 0.1) is 36.8 Å². The number of halogens is 4. The summed E-state index contributed by atoms with van der Waals surface area (Å²) in [6, 6.07) is 5.69. The van der Waals surface area contributed by atoms with Crippen molar-refractivity contribution in [2.24, 2.45) is 0 Å². The van der Waals surface area contributed by atoms with E-state index in [2.05, 4.69) is 25.4 Å². The molecule has 0 amide bonds. The van der Waals surface area contributed by atoms with Gasteiger partial charge in [-0.05, 0) is 26.0 Å². The van der Waals surface area contributed by atoms with Crippen molar-refractivity contribution in [1.82, 2.24) is 24.7 Å². The van der Waals surface area contributed by atoms with Gasteiger partial charge in [0.25, 0.3) is 0 Å². The number of nitriles is 1. The zero-order chi connectivity index (χ0) is 20.7. The third kappa shape index (κ3) is 3.87.